The first-order valence-corrected chi connectivity index (χ1v) is 24.9. The van der Waals surface area contributed by atoms with Crippen molar-refractivity contribution in [2.24, 2.45) is 63.5 Å². The fourth-order valence-corrected chi connectivity index (χ4v) is 13.6. The number of amides is 4. The number of urea groups is 1. The molecule has 0 aromatic carbocycles. The number of hydrogen-bond acceptors (Lipinski definition) is 10. The highest BCUT2D eigenvalue weighted by Gasteiger charge is 2.60. The van der Waals surface area contributed by atoms with Crippen molar-refractivity contribution >= 4 is 47.5 Å². The molecule has 0 bridgehead atoms. The summed E-state index contributed by atoms with van der Waals surface area (Å²) in [5.41, 5.74) is 15.6. The number of nitrogens with two attached hydrogens (primary N) is 3. The molecule has 2 heterocycles. The van der Waals surface area contributed by atoms with Crippen molar-refractivity contribution < 1.29 is 44.1 Å². The van der Waals surface area contributed by atoms with Crippen LogP contribution in [0.5, 0.6) is 0 Å². The van der Waals surface area contributed by atoms with E-state index in [9.17, 15) is 28.8 Å². The van der Waals surface area contributed by atoms with E-state index in [1.807, 2.05) is 11.8 Å². The van der Waals surface area contributed by atoms with Crippen LogP contribution >= 0.6 is 11.8 Å². The number of aliphatic carboxylic acids is 3. The molecule has 6 rings (SSSR count). The second-order valence-corrected chi connectivity index (χ2v) is 20.3. The van der Waals surface area contributed by atoms with Crippen LogP contribution in [-0.2, 0) is 24.0 Å². The monoisotopic (exact) mass is 922 g/mol. The van der Waals surface area contributed by atoms with Gasteiger partial charge in [0, 0.05) is 56.6 Å². The predicted molar refractivity (Wildman–Crippen MR) is 252 cm³/mol. The zero-order valence-electron chi connectivity index (χ0n) is 39.0. The summed E-state index contributed by atoms with van der Waals surface area (Å²) in [5, 5.41) is 36.0. The average Bonchev–Trinajstić information content (AvgIpc) is 3.93. The fraction of sp³-hybridized carbons (Fsp3) is 0.830. The van der Waals surface area contributed by atoms with Gasteiger partial charge in [0.2, 0.25) is 11.8 Å². The number of thioether (sulfide) groups is 1. The number of carboxylic acids is 3. The number of nitrogens with one attached hydrogen (secondary N) is 4. The lowest BCUT2D eigenvalue weighted by molar-refractivity contribution is -0.137. The van der Waals surface area contributed by atoms with Crippen LogP contribution in [0, 0.1) is 59.2 Å². The maximum Gasteiger partial charge on any atom is 0.315 e. The molecule has 0 spiro atoms. The molecule has 6 aliphatic rings. The van der Waals surface area contributed by atoms with Crippen molar-refractivity contribution in [3.63, 3.8) is 0 Å². The molecule has 4 amide bonds. The van der Waals surface area contributed by atoms with Gasteiger partial charge in [-0.3, -0.25) is 24.0 Å². The number of carboxylic acid groups (broad SMARTS) is 3. The van der Waals surface area contributed by atoms with Gasteiger partial charge in [-0.2, -0.15) is 11.8 Å². The lowest BCUT2D eigenvalue weighted by Gasteiger charge is -2.61. The summed E-state index contributed by atoms with van der Waals surface area (Å²) in [6.45, 7) is 9.42. The lowest BCUT2D eigenvalue weighted by Crippen LogP contribution is -2.53. The molecular weight excluding hydrogens is 839 g/mol. The Balaban J connectivity index is 0.000000590. The zero-order valence-corrected chi connectivity index (χ0v) is 39.8. The fourth-order valence-electron chi connectivity index (χ4n) is 12.1. The lowest BCUT2D eigenvalue weighted by atomic mass is 9.44. The highest BCUT2D eigenvalue weighted by atomic mass is 32.2. The van der Waals surface area contributed by atoms with Gasteiger partial charge in [0.15, 0.2) is 0 Å². The van der Waals surface area contributed by atoms with Gasteiger partial charge in [-0.1, -0.05) is 40.0 Å². The van der Waals surface area contributed by atoms with Crippen molar-refractivity contribution in [3.05, 3.63) is 0 Å². The average molecular weight is 922 g/mol. The predicted octanol–water partition coefficient (Wildman–Crippen LogP) is 4.92. The summed E-state index contributed by atoms with van der Waals surface area (Å²) >= 11 is 1.92. The van der Waals surface area contributed by atoms with Crippen LogP contribution < -0.4 is 38.5 Å². The maximum absolute atomic E-state index is 12.7. The normalized spacial score (nSPS) is 30.8. The molecule has 0 aromatic rings. The van der Waals surface area contributed by atoms with E-state index in [1.165, 1.54) is 64.2 Å². The van der Waals surface area contributed by atoms with Crippen molar-refractivity contribution in [2.45, 2.75) is 160 Å². The van der Waals surface area contributed by atoms with Gasteiger partial charge in [-0.05, 0) is 117 Å². The number of fused-ring (bicyclic) bond motifs is 6. The molecular formula is C47H83N7O9S. The quantitative estimate of drug-likeness (QED) is 0.0497. The summed E-state index contributed by atoms with van der Waals surface area (Å²) in [6.07, 6.45) is 27.6. The molecule has 4 aliphatic carbocycles. The van der Waals surface area contributed by atoms with Crippen molar-refractivity contribution in [1.82, 2.24) is 21.3 Å². The van der Waals surface area contributed by atoms with E-state index in [2.05, 4.69) is 54.9 Å². The van der Waals surface area contributed by atoms with Gasteiger partial charge in [-0.25, -0.2) is 4.79 Å². The topological polar surface area (TPSA) is 289 Å². The summed E-state index contributed by atoms with van der Waals surface area (Å²) in [6, 6.07) is 0.443. The number of carbonyl (C=O) groups is 6. The summed E-state index contributed by atoms with van der Waals surface area (Å²) in [5.74, 6) is 3.77. The number of carbonyl (C=O) groups excluding carboxylic acids is 3. The minimum atomic E-state index is -0.836. The van der Waals surface area contributed by atoms with E-state index in [0.717, 1.165) is 61.0 Å². The number of rotatable bonds is 18. The van der Waals surface area contributed by atoms with Gasteiger partial charge in [-0.15, -0.1) is 12.8 Å². The van der Waals surface area contributed by atoms with Crippen LogP contribution in [0.3, 0.4) is 0 Å². The van der Waals surface area contributed by atoms with Crippen molar-refractivity contribution in [2.75, 3.05) is 38.5 Å². The molecule has 4 saturated carbocycles. The Hall–Kier alpha value is -3.59. The standard InChI is InChI=1S/C36H60N4O3S.3C3H7NO2.C2H2/c1-23(26-14-15-27-25-13-12-24-8-6-7-18-35(24,2)28(25)17-19-36(26,27)3)11-16-32(42)38-21-20-37-31(41)10-5-4-9-30-33-29(22-44-30)39-34(43)40-33;3*4-2-1-3(5)6;1-2/h23-30,33H,4-22H2,1-3H3,(H,37,41)(H,38,42)(H2,39,40,43);3*1-2,4H2,(H,5,6);1-2H/t23-,24?,25?,26?,27?,28?,29?,30+,33?,35+,36-;;;;/m1..../s1. The third kappa shape index (κ3) is 17.3. The van der Waals surface area contributed by atoms with Gasteiger partial charge in [0.05, 0.1) is 31.3 Å². The molecule has 2 aliphatic heterocycles. The summed E-state index contributed by atoms with van der Waals surface area (Å²) in [7, 11) is 0. The number of hydrogen-bond donors (Lipinski definition) is 10. The molecule has 11 atom stereocenters. The minimum absolute atomic E-state index is 0.0458. The summed E-state index contributed by atoms with van der Waals surface area (Å²) in [4.78, 5) is 65.1. The van der Waals surface area contributed by atoms with E-state index in [1.54, 1.807) is 0 Å². The van der Waals surface area contributed by atoms with Crippen LogP contribution in [-0.4, -0.2) is 107 Å². The number of terminal acetylenes is 1. The largest absolute Gasteiger partial charge is 0.481 e. The smallest absolute Gasteiger partial charge is 0.315 e. The Labute approximate surface area is 386 Å². The molecule has 366 valence electrons. The molecule has 16 nitrogen and oxygen atoms in total. The van der Waals surface area contributed by atoms with Crippen LogP contribution in [0.1, 0.15) is 143 Å². The van der Waals surface area contributed by atoms with Crippen molar-refractivity contribution in [1.29, 1.82) is 0 Å². The molecule has 13 N–H and O–H groups in total. The Kier molecular flexibility index (Phi) is 25.7. The van der Waals surface area contributed by atoms with E-state index in [0.29, 0.717) is 47.9 Å². The maximum atomic E-state index is 12.7. The highest BCUT2D eigenvalue weighted by Crippen LogP contribution is 2.68. The first-order chi connectivity index (χ1) is 30.5. The molecule has 64 heavy (non-hydrogen) atoms. The SMILES string of the molecule is C#C.C[C@H](CCC(=O)NCCNC(=O)CCCC[C@@H]1SCC2NC(=O)NC21)C1CCC2C3CCC4CCCC[C@]4(C)C3CC[C@@]21C.NCCC(=O)O.NCCC(=O)O.NCCC(=O)O. The van der Waals surface area contributed by atoms with Crippen LogP contribution in [0.2, 0.25) is 0 Å². The molecule has 17 heteroatoms. The van der Waals surface area contributed by atoms with Crippen LogP contribution in [0.25, 0.3) is 0 Å². The van der Waals surface area contributed by atoms with Gasteiger partial charge >= 0.3 is 23.9 Å². The van der Waals surface area contributed by atoms with Crippen LogP contribution in [0.4, 0.5) is 4.79 Å². The molecule has 6 fully saturated rings. The molecule has 7 unspecified atom stereocenters. The third-order valence-corrected chi connectivity index (χ3v) is 16.6. The third-order valence-electron chi connectivity index (χ3n) is 15.1. The Bertz CT molecular complexity index is 1470. The van der Waals surface area contributed by atoms with E-state index >= 15 is 0 Å². The molecule has 2 saturated heterocycles. The van der Waals surface area contributed by atoms with Crippen molar-refractivity contribution in [3.8, 4) is 12.8 Å². The van der Waals surface area contributed by atoms with Gasteiger partial charge in [0.25, 0.3) is 0 Å². The Morgan fingerprint density at radius 2 is 1.31 bits per heavy atom. The first kappa shape index (κ1) is 56.5. The molecule has 0 aromatic heterocycles. The minimum Gasteiger partial charge on any atom is -0.481 e. The van der Waals surface area contributed by atoms with E-state index in [-0.39, 0.29) is 68.8 Å². The Morgan fingerprint density at radius 3 is 1.88 bits per heavy atom. The van der Waals surface area contributed by atoms with Gasteiger partial charge < -0.3 is 53.8 Å². The second kappa shape index (κ2) is 29.1. The molecule has 0 radical (unpaired) electrons. The van der Waals surface area contributed by atoms with E-state index < -0.39 is 17.9 Å². The first-order valence-electron chi connectivity index (χ1n) is 23.8. The van der Waals surface area contributed by atoms with E-state index in [4.69, 9.17) is 32.5 Å². The van der Waals surface area contributed by atoms with Gasteiger partial charge in [0.1, 0.15) is 0 Å². The highest BCUT2D eigenvalue weighted by molar-refractivity contribution is 8.00. The number of unbranched alkanes of at least 4 members (excludes halogenated alkanes) is 1. The Morgan fingerprint density at radius 1 is 0.734 bits per heavy atom. The zero-order chi connectivity index (χ0) is 47.9. The second-order valence-electron chi connectivity index (χ2n) is 19.0. The van der Waals surface area contributed by atoms with Crippen LogP contribution in [0.15, 0.2) is 0 Å². The summed E-state index contributed by atoms with van der Waals surface area (Å²) < 4.78 is 0.